The van der Waals surface area contributed by atoms with Crippen molar-refractivity contribution in [2.24, 2.45) is 0 Å². The van der Waals surface area contributed by atoms with Gasteiger partial charge in [0.15, 0.2) is 6.29 Å². The second-order valence-electron chi connectivity index (χ2n) is 6.02. The predicted octanol–water partition coefficient (Wildman–Crippen LogP) is 2.21. The highest BCUT2D eigenvalue weighted by Crippen LogP contribution is 2.30. The van der Waals surface area contributed by atoms with Crippen LogP contribution in [-0.2, 0) is 6.54 Å². The van der Waals surface area contributed by atoms with Crippen molar-refractivity contribution < 1.29 is 14.2 Å². The number of aryl methyl sites for hydroxylation is 1. The topological polar surface area (TPSA) is 58.4 Å². The fourth-order valence-corrected chi connectivity index (χ4v) is 2.82. The number of carbonyl (C=O) groups excluding carboxylic acids is 1. The molecule has 0 radical (unpaired) electrons. The second-order valence-corrected chi connectivity index (χ2v) is 6.02. The Morgan fingerprint density at radius 1 is 1.52 bits per heavy atom. The first kappa shape index (κ1) is 15.9. The van der Waals surface area contributed by atoms with Gasteiger partial charge in [-0.25, -0.2) is 9.07 Å². The number of hydrogen-bond donors (Lipinski definition) is 1. The van der Waals surface area contributed by atoms with Crippen LogP contribution in [0.3, 0.4) is 0 Å². The van der Waals surface area contributed by atoms with E-state index in [1.807, 2.05) is 10.9 Å². The first-order chi connectivity index (χ1) is 11.0. The maximum atomic E-state index is 14.4. The molecule has 1 aliphatic carbocycles. The van der Waals surface area contributed by atoms with Gasteiger partial charge in [0.1, 0.15) is 11.5 Å². The predicted molar refractivity (Wildman–Crippen MR) is 86.0 cm³/mol. The van der Waals surface area contributed by atoms with Gasteiger partial charge in [0.25, 0.3) is 0 Å². The number of aldehydes is 1. The summed E-state index contributed by atoms with van der Waals surface area (Å²) < 4.78 is 15.8. The van der Waals surface area contributed by atoms with E-state index in [1.165, 1.54) is 16.9 Å². The van der Waals surface area contributed by atoms with Crippen LogP contribution in [0.5, 0.6) is 0 Å². The second kappa shape index (κ2) is 6.25. The summed E-state index contributed by atoms with van der Waals surface area (Å²) in [5.41, 5.74) is 2.06. The number of para-hydroxylation sites is 1. The Morgan fingerprint density at radius 2 is 2.26 bits per heavy atom. The van der Waals surface area contributed by atoms with Crippen molar-refractivity contribution >= 4 is 13.3 Å². The van der Waals surface area contributed by atoms with E-state index in [0.29, 0.717) is 35.8 Å². The van der Waals surface area contributed by atoms with Crippen LogP contribution in [-0.4, -0.2) is 39.0 Å². The number of rotatable bonds is 6. The number of carbonyl (C=O) groups is 1. The van der Waals surface area contributed by atoms with Crippen LogP contribution < -0.4 is 0 Å². The molecule has 2 aromatic rings. The summed E-state index contributed by atoms with van der Waals surface area (Å²) in [6, 6.07) is 5.20. The quantitative estimate of drug-likeness (QED) is 0.656. The monoisotopic (exact) mass is 315 g/mol. The van der Waals surface area contributed by atoms with Crippen molar-refractivity contribution in [2.75, 3.05) is 0 Å². The summed E-state index contributed by atoms with van der Waals surface area (Å²) in [5.74, 6) is -0.399. The lowest BCUT2D eigenvalue weighted by Crippen LogP contribution is -2.38. The molecule has 23 heavy (non-hydrogen) atoms. The normalized spacial score (nSPS) is 14.3. The number of hydrogen-bond acceptors (Lipinski definition) is 4. The van der Waals surface area contributed by atoms with Gasteiger partial charge in [0, 0.05) is 18.8 Å². The van der Waals surface area contributed by atoms with E-state index in [0.717, 1.165) is 18.4 Å². The number of benzene rings is 1. The van der Waals surface area contributed by atoms with E-state index < -0.39 is 12.9 Å². The lowest BCUT2D eigenvalue weighted by atomic mass is 9.84. The lowest BCUT2D eigenvalue weighted by molar-refractivity contribution is 0.112. The molecule has 120 valence electrons. The van der Waals surface area contributed by atoms with Crippen molar-refractivity contribution in [2.45, 2.75) is 39.2 Å². The molecule has 1 heterocycles. The van der Waals surface area contributed by atoms with Crippen LogP contribution in [0.25, 0.3) is 5.69 Å². The Kier molecular flexibility index (Phi) is 4.32. The molecular formula is C16H19BFN3O2. The van der Waals surface area contributed by atoms with Crippen molar-refractivity contribution in [3.63, 3.8) is 0 Å². The zero-order valence-corrected chi connectivity index (χ0v) is 13.2. The molecule has 0 bridgehead atoms. The molecule has 1 saturated carbocycles. The van der Waals surface area contributed by atoms with Crippen LogP contribution in [0.4, 0.5) is 4.39 Å². The van der Waals surface area contributed by atoms with Gasteiger partial charge in [-0.3, -0.25) is 4.79 Å². The molecule has 1 aromatic carbocycles. The highest BCUT2D eigenvalue weighted by molar-refractivity contribution is 6.45. The van der Waals surface area contributed by atoms with E-state index in [4.69, 9.17) is 0 Å². The Balaban J connectivity index is 2.00. The Labute approximate surface area is 134 Å². The lowest BCUT2D eigenvalue weighted by Gasteiger charge is -2.24. The van der Waals surface area contributed by atoms with Gasteiger partial charge < -0.3 is 9.83 Å². The van der Waals surface area contributed by atoms with E-state index in [-0.39, 0.29) is 0 Å². The highest BCUT2D eigenvalue weighted by atomic mass is 19.1. The van der Waals surface area contributed by atoms with Gasteiger partial charge in [-0.15, -0.1) is 0 Å². The molecule has 5 nitrogen and oxygen atoms in total. The molecule has 1 aliphatic rings. The van der Waals surface area contributed by atoms with E-state index >= 15 is 0 Å². The third kappa shape index (κ3) is 3.21. The van der Waals surface area contributed by atoms with Crippen LogP contribution in [0.15, 0.2) is 24.4 Å². The standard InChI is InChI=1S/C16H19BFN3O2/c1-11-13(10-22)9-21(19-11)16-12(4-3-5-15(16)18)8-20(17(2)23)14-6-7-14/h3-5,9-10,14,23H,6-8H2,1-2H3. The Morgan fingerprint density at radius 3 is 2.83 bits per heavy atom. The molecule has 1 fully saturated rings. The zero-order chi connectivity index (χ0) is 16.6. The van der Waals surface area contributed by atoms with Crippen LogP contribution >= 0.6 is 0 Å². The molecule has 0 spiro atoms. The molecule has 1 N–H and O–H groups in total. The van der Waals surface area contributed by atoms with Crippen molar-refractivity contribution in [1.82, 2.24) is 14.6 Å². The SMILES string of the molecule is CB(O)N(Cc1cccc(F)c1-n1cc(C=O)c(C)n1)C1CC1. The zero-order valence-electron chi connectivity index (χ0n) is 13.2. The largest absolute Gasteiger partial charge is 0.437 e. The number of halogens is 1. The first-order valence-corrected chi connectivity index (χ1v) is 7.74. The van der Waals surface area contributed by atoms with Gasteiger partial charge in [0.05, 0.1) is 11.3 Å². The molecule has 7 heteroatoms. The van der Waals surface area contributed by atoms with Crippen molar-refractivity contribution in [3.8, 4) is 5.69 Å². The molecule has 1 aromatic heterocycles. The molecule has 0 atom stereocenters. The maximum Gasteiger partial charge on any atom is 0.376 e. The highest BCUT2D eigenvalue weighted by Gasteiger charge is 2.34. The number of aromatic nitrogens is 2. The third-order valence-corrected chi connectivity index (χ3v) is 4.21. The fourth-order valence-electron chi connectivity index (χ4n) is 2.82. The summed E-state index contributed by atoms with van der Waals surface area (Å²) in [4.78, 5) is 13.0. The van der Waals surface area contributed by atoms with Crippen LogP contribution in [0.2, 0.25) is 6.82 Å². The maximum absolute atomic E-state index is 14.4. The van der Waals surface area contributed by atoms with Gasteiger partial charge >= 0.3 is 7.05 Å². The van der Waals surface area contributed by atoms with E-state index in [1.54, 1.807) is 19.8 Å². The Hall–Kier alpha value is -1.99. The minimum Gasteiger partial charge on any atom is -0.437 e. The van der Waals surface area contributed by atoms with Crippen LogP contribution in [0.1, 0.15) is 34.5 Å². The summed E-state index contributed by atoms with van der Waals surface area (Å²) >= 11 is 0. The first-order valence-electron chi connectivity index (χ1n) is 7.74. The van der Waals surface area contributed by atoms with E-state index in [2.05, 4.69) is 5.10 Å². The fraction of sp³-hybridized carbons (Fsp3) is 0.375. The van der Waals surface area contributed by atoms with Crippen molar-refractivity contribution in [1.29, 1.82) is 0 Å². The third-order valence-electron chi connectivity index (χ3n) is 4.21. The smallest absolute Gasteiger partial charge is 0.376 e. The molecular weight excluding hydrogens is 296 g/mol. The summed E-state index contributed by atoms with van der Waals surface area (Å²) in [6.07, 6.45) is 4.34. The average molecular weight is 315 g/mol. The molecule has 0 aliphatic heterocycles. The molecule has 0 amide bonds. The number of nitrogens with zero attached hydrogens (tertiary/aromatic N) is 3. The molecule has 0 unspecified atom stereocenters. The van der Waals surface area contributed by atoms with E-state index in [9.17, 15) is 14.2 Å². The molecule has 3 rings (SSSR count). The minimum absolute atomic E-state index is 0.329. The van der Waals surface area contributed by atoms with Gasteiger partial charge in [-0.1, -0.05) is 12.1 Å². The average Bonchev–Trinajstić information content (AvgIpc) is 3.27. The van der Waals surface area contributed by atoms with Gasteiger partial charge in [-0.05, 0) is 38.2 Å². The Bertz CT molecular complexity index is 726. The van der Waals surface area contributed by atoms with Crippen molar-refractivity contribution in [3.05, 3.63) is 47.0 Å². The summed E-state index contributed by atoms with van der Waals surface area (Å²) in [6.45, 7) is 3.87. The summed E-state index contributed by atoms with van der Waals surface area (Å²) in [5, 5.41) is 14.2. The van der Waals surface area contributed by atoms with Crippen LogP contribution in [0, 0.1) is 12.7 Å². The summed E-state index contributed by atoms with van der Waals surface area (Å²) in [7, 11) is -0.594. The molecule has 0 saturated heterocycles. The van der Waals surface area contributed by atoms with Gasteiger partial charge in [-0.2, -0.15) is 5.10 Å². The minimum atomic E-state index is -0.594. The van der Waals surface area contributed by atoms with Gasteiger partial charge in [0.2, 0.25) is 0 Å².